The highest BCUT2D eigenvalue weighted by Crippen LogP contribution is 2.24. The number of nitrogens with zero attached hydrogens (tertiary/aromatic N) is 2. The summed E-state index contributed by atoms with van der Waals surface area (Å²) in [5.74, 6) is -1.50. The molecule has 10 heteroatoms. The summed E-state index contributed by atoms with van der Waals surface area (Å²) in [7, 11) is -4.18. The molecule has 0 saturated carbocycles. The van der Waals surface area contributed by atoms with Crippen molar-refractivity contribution in [3.63, 3.8) is 0 Å². The second-order valence-electron chi connectivity index (χ2n) is 5.54. The van der Waals surface area contributed by atoms with Crippen molar-refractivity contribution < 1.29 is 17.6 Å². The highest BCUT2D eigenvalue weighted by molar-refractivity contribution is 7.89. The third-order valence-corrected chi connectivity index (χ3v) is 5.87. The van der Waals surface area contributed by atoms with Gasteiger partial charge in [-0.1, -0.05) is 12.1 Å². The van der Waals surface area contributed by atoms with Crippen molar-refractivity contribution >= 4 is 32.4 Å². The Morgan fingerprint density at radius 3 is 2.70 bits per heavy atom. The zero-order valence-corrected chi connectivity index (χ0v) is 15.7. The van der Waals surface area contributed by atoms with Crippen LogP contribution in [0.2, 0.25) is 0 Å². The molecule has 0 aliphatic heterocycles. The smallest absolute Gasteiger partial charge is 0.244 e. The standard InChI is InChI=1S/C17H15FN4O3S2/c1-11(22-27(24,25)15-7-3-2-6-13(15)18)16(23)21-17-20-14(10-26-17)12-5-4-8-19-9-12/h2-11,22H,1H3,(H,20,21,23)/t11-/m0/s1. The molecule has 0 aliphatic rings. The summed E-state index contributed by atoms with van der Waals surface area (Å²) in [4.78, 5) is 20.0. The van der Waals surface area contributed by atoms with Crippen LogP contribution in [0.15, 0.2) is 59.1 Å². The van der Waals surface area contributed by atoms with Crippen molar-refractivity contribution in [1.29, 1.82) is 0 Å². The lowest BCUT2D eigenvalue weighted by molar-refractivity contribution is -0.117. The van der Waals surface area contributed by atoms with E-state index < -0.39 is 32.7 Å². The average molecular weight is 406 g/mol. The fourth-order valence-corrected chi connectivity index (χ4v) is 4.21. The van der Waals surface area contributed by atoms with Gasteiger partial charge in [-0.3, -0.25) is 9.78 Å². The van der Waals surface area contributed by atoms with Gasteiger partial charge in [0.2, 0.25) is 15.9 Å². The Morgan fingerprint density at radius 2 is 2.00 bits per heavy atom. The molecule has 1 aromatic carbocycles. The van der Waals surface area contributed by atoms with E-state index in [2.05, 4.69) is 20.0 Å². The molecule has 0 aliphatic carbocycles. The molecule has 2 N–H and O–H groups in total. The predicted molar refractivity (Wildman–Crippen MR) is 100 cm³/mol. The third-order valence-electron chi connectivity index (χ3n) is 3.54. The van der Waals surface area contributed by atoms with Crippen LogP contribution in [0.5, 0.6) is 0 Å². The molecule has 3 aromatic rings. The molecular weight excluding hydrogens is 391 g/mol. The predicted octanol–water partition coefficient (Wildman–Crippen LogP) is 2.65. The van der Waals surface area contributed by atoms with Gasteiger partial charge in [-0.2, -0.15) is 4.72 Å². The number of pyridine rings is 1. The minimum absolute atomic E-state index is 0.316. The minimum Gasteiger partial charge on any atom is -0.301 e. The Kier molecular flexibility index (Phi) is 5.59. The first-order valence-electron chi connectivity index (χ1n) is 7.80. The Balaban J connectivity index is 1.68. The molecule has 27 heavy (non-hydrogen) atoms. The summed E-state index contributed by atoms with van der Waals surface area (Å²) in [5.41, 5.74) is 1.44. The van der Waals surface area contributed by atoms with Gasteiger partial charge in [0.1, 0.15) is 10.7 Å². The lowest BCUT2D eigenvalue weighted by Gasteiger charge is -2.13. The Bertz CT molecular complexity index is 1050. The van der Waals surface area contributed by atoms with Crippen LogP contribution >= 0.6 is 11.3 Å². The van der Waals surface area contributed by atoms with Crippen molar-refractivity contribution in [2.45, 2.75) is 17.9 Å². The lowest BCUT2D eigenvalue weighted by atomic mass is 10.2. The van der Waals surface area contributed by atoms with E-state index in [-0.39, 0.29) is 0 Å². The number of carbonyl (C=O) groups excluding carboxylic acids is 1. The summed E-state index contributed by atoms with van der Waals surface area (Å²) in [6.45, 7) is 1.36. The molecule has 1 amide bonds. The molecule has 0 radical (unpaired) electrons. The van der Waals surface area contributed by atoms with Crippen molar-refractivity contribution in [3.8, 4) is 11.3 Å². The second-order valence-corrected chi connectivity index (χ2v) is 8.08. The van der Waals surface area contributed by atoms with E-state index in [1.807, 2.05) is 6.07 Å². The molecular formula is C17H15FN4O3S2. The number of amides is 1. The number of hydrogen-bond donors (Lipinski definition) is 2. The number of anilines is 1. The fourth-order valence-electron chi connectivity index (χ4n) is 2.20. The maximum atomic E-state index is 13.7. The van der Waals surface area contributed by atoms with E-state index in [4.69, 9.17) is 0 Å². The van der Waals surface area contributed by atoms with Gasteiger partial charge in [0.25, 0.3) is 0 Å². The van der Waals surface area contributed by atoms with Gasteiger partial charge in [-0.15, -0.1) is 11.3 Å². The fraction of sp³-hybridized carbons (Fsp3) is 0.118. The van der Waals surface area contributed by atoms with Gasteiger partial charge in [-0.25, -0.2) is 17.8 Å². The molecule has 2 aromatic heterocycles. The van der Waals surface area contributed by atoms with Crippen LogP contribution in [-0.2, 0) is 14.8 Å². The van der Waals surface area contributed by atoms with Gasteiger partial charge in [0.05, 0.1) is 11.7 Å². The van der Waals surface area contributed by atoms with Crippen molar-refractivity contribution in [2.75, 3.05) is 5.32 Å². The van der Waals surface area contributed by atoms with Crippen LogP contribution in [0.3, 0.4) is 0 Å². The van der Waals surface area contributed by atoms with Crippen molar-refractivity contribution in [1.82, 2.24) is 14.7 Å². The van der Waals surface area contributed by atoms with E-state index >= 15 is 0 Å². The summed E-state index contributed by atoms with van der Waals surface area (Å²) in [5, 5.41) is 4.61. The summed E-state index contributed by atoms with van der Waals surface area (Å²) in [6, 6.07) is 7.43. The molecule has 3 rings (SSSR count). The molecule has 2 heterocycles. The van der Waals surface area contributed by atoms with Gasteiger partial charge >= 0.3 is 0 Å². The number of rotatable bonds is 6. The molecule has 1 atom stereocenters. The third kappa shape index (κ3) is 4.54. The van der Waals surface area contributed by atoms with Crippen LogP contribution in [-0.4, -0.2) is 30.3 Å². The quantitative estimate of drug-likeness (QED) is 0.655. The number of carbonyl (C=O) groups is 1. The van der Waals surface area contributed by atoms with Crippen molar-refractivity contribution in [3.05, 3.63) is 60.0 Å². The largest absolute Gasteiger partial charge is 0.301 e. The lowest BCUT2D eigenvalue weighted by Crippen LogP contribution is -2.41. The van der Waals surface area contributed by atoms with Crippen molar-refractivity contribution in [2.24, 2.45) is 0 Å². The Hall–Kier alpha value is -2.69. The molecule has 0 bridgehead atoms. The van der Waals surface area contributed by atoms with E-state index in [1.54, 1.807) is 23.8 Å². The van der Waals surface area contributed by atoms with Crippen LogP contribution in [0.1, 0.15) is 6.92 Å². The van der Waals surface area contributed by atoms with E-state index in [0.717, 1.165) is 17.7 Å². The molecule has 0 fully saturated rings. The highest BCUT2D eigenvalue weighted by Gasteiger charge is 2.25. The van der Waals surface area contributed by atoms with E-state index in [9.17, 15) is 17.6 Å². The van der Waals surface area contributed by atoms with Gasteiger partial charge in [0.15, 0.2) is 5.13 Å². The molecule has 140 valence electrons. The number of benzene rings is 1. The van der Waals surface area contributed by atoms with Gasteiger partial charge in [-0.05, 0) is 31.2 Å². The van der Waals surface area contributed by atoms with E-state index in [1.165, 1.54) is 30.4 Å². The van der Waals surface area contributed by atoms with Gasteiger partial charge in [0, 0.05) is 23.3 Å². The van der Waals surface area contributed by atoms with Gasteiger partial charge < -0.3 is 5.32 Å². The van der Waals surface area contributed by atoms with E-state index in [0.29, 0.717) is 10.8 Å². The number of thiazole rings is 1. The number of hydrogen-bond acceptors (Lipinski definition) is 6. The maximum Gasteiger partial charge on any atom is 0.244 e. The number of halogens is 1. The summed E-state index contributed by atoms with van der Waals surface area (Å²) >= 11 is 1.20. The summed E-state index contributed by atoms with van der Waals surface area (Å²) in [6.07, 6.45) is 3.29. The number of aromatic nitrogens is 2. The van der Waals surface area contributed by atoms with Crippen LogP contribution in [0.25, 0.3) is 11.3 Å². The Morgan fingerprint density at radius 1 is 1.22 bits per heavy atom. The van der Waals surface area contributed by atoms with Crippen LogP contribution < -0.4 is 10.0 Å². The first kappa shape index (κ1) is 19.1. The topological polar surface area (TPSA) is 101 Å². The zero-order chi connectivity index (χ0) is 19.4. The first-order valence-corrected chi connectivity index (χ1v) is 10.2. The van der Waals surface area contributed by atoms with Crippen LogP contribution in [0.4, 0.5) is 9.52 Å². The number of sulfonamides is 1. The molecule has 0 spiro atoms. The highest BCUT2D eigenvalue weighted by atomic mass is 32.2. The monoisotopic (exact) mass is 406 g/mol. The number of nitrogens with one attached hydrogen (secondary N) is 2. The second kappa shape index (κ2) is 7.91. The summed E-state index contributed by atoms with van der Waals surface area (Å²) < 4.78 is 40.4. The normalized spacial score (nSPS) is 12.5. The molecule has 7 nitrogen and oxygen atoms in total. The minimum atomic E-state index is -4.18. The maximum absolute atomic E-state index is 13.7. The molecule has 0 unspecified atom stereocenters. The average Bonchev–Trinajstić information content (AvgIpc) is 3.11. The molecule has 0 saturated heterocycles. The van der Waals surface area contributed by atoms with Crippen LogP contribution in [0, 0.1) is 5.82 Å². The first-order chi connectivity index (χ1) is 12.9. The SMILES string of the molecule is C[C@H](NS(=O)(=O)c1ccccc1F)C(=O)Nc1nc(-c2cccnc2)cs1. The zero-order valence-electron chi connectivity index (χ0n) is 14.1. The Labute approximate surface area is 159 Å².